The number of esters is 1. The van der Waals surface area contributed by atoms with Gasteiger partial charge in [-0.3, -0.25) is 4.79 Å². The molecule has 7 heteroatoms. The smallest absolute Gasteiger partial charge is 0.343 e. The van der Waals surface area contributed by atoms with E-state index in [9.17, 15) is 9.59 Å². The number of aromatic nitrogens is 2. The van der Waals surface area contributed by atoms with Crippen molar-refractivity contribution in [1.29, 1.82) is 0 Å². The number of aryl methyl sites for hydroxylation is 3. The SMILES string of the molecule is Cc1cccc(C(=O)Oc2coc(CSc3nc(C)cc(C)n3)cc2=O)c1. The van der Waals surface area contributed by atoms with Crippen LogP contribution in [-0.2, 0) is 5.75 Å². The first-order chi connectivity index (χ1) is 12.9. The highest BCUT2D eigenvalue weighted by molar-refractivity contribution is 7.98. The number of ether oxygens (including phenoxy) is 1. The minimum atomic E-state index is -0.600. The monoisotopic (exact) mass is 382 g/mol. The molecule has 0 aliphatic carbocycles. The largest absolute Gasteiger partial charge is 0.464 e. The van der Waals surface area contributed by atoms with Gasteiger partial charge in [0.2, 0.25) is 11.2 Å². The summed E-state index contributed by atoms with van der Waals surface area (Å²) in [5.41, 5.74) is 2.65. The highest BCUT2D eigenvalue weighted by Crippen LogP contribution is 2.20. The molecule has 3 aromatic rings. The van der Waals surface area contributed by atoms with Crippen LogP contribution in [0.4, 0.5) is 0 Å². The quantitative estimate of drug-likeness (QED) is 0.376. The predicted molar refractivity (Wildman–Crippen MR) is 102 cm³/mol. The average Bonchev–Trinajstić information content (AvgIpc) is 2.61. The number of carbonyl (C=O) groups excluding carboxylic acids is 1. The summed E-state index contributed by atoms with van der Waals surface area (Å²) in [7, 11) is 0. The van der Waals surface area contributed by atoms with Crippen LogP contribution in [-0.4, -0.2) is 15.9 Å². The van der Waals surface area contributed by atoms with E-state index in [0.29, 0.717) is 22.2 Å². The van der Waals surface area contributed by atoms with Crippen molar-refractivity contribution >= 4 is 17.7 Å². The molecule has 0 saturated heterocycles. The lowest BCUT2D eigenvalue weighted by atomic mass is 10.1. The Labute approximate surface area is 160 Å². The number of benzene rings is 1. The topological polar surface area (TPSA) is 82.3 Å². The number of carbonyl (C=O) groups is 1. The van der Waals surface area contributed by atoms with Crippen LogP contribution in [0.5, 0.6) is 5.75 Å². The maximum atomic E-state index is 12.2. The Morgan fingerprint density at radius 3 is 2.52 bits per heavy atom. The Morgan fingerprint density at radius 1 is 1.11 bits per heavy atom. The van der Waals surface area contributed by atoms with Gasteiger partial charge in [-0.2, -0.15) is 0 Å². The number of rotatable bonds is 5. The summed E-state index contributed by atoms with van der Waals surface area (Å²) in [5.74, 6) is 0.0994. The average molecular weight is 382 g/mol. The first kappa shape index (κ1) is 18.8. The van der Waals surface area contributed by atoms with Gasteiger partial charge in [-0.15, -0.1) is 0 Å². The summed E-state index contributed by atoms with van der Waals surface area (Å²) in [6.45, 7) is 5.67. The van der Waals surface area contributed by atoms with E-state index in [-0.39, 0.29) is 5.75 Å². The van der Waals surface area contributed by atoms with Crippen molar-refractivity contribution < 1.29 is 13.9 Å². The van der Waals surface area contributed by atoms with Crippen LogP contribution >= 0.6 is 11.8 Å². The van der Waals surface area contributed by atoms with Crippen LogP contribution in [0.3, 0.4) is 0 Å². The molecule has 138 valence electrons. The van der Waals surface area contributed by atoms with Crippen LogP contribution in [0.1, 0.15) is 33.1 Å². The van der Waals surface area contributed by atoms with Gasteiger partial charge in [0.15, 0.2) is 5.16 Å². The Balaban J connectivity index is 1.68. The summed E-state index contributed by atoms with van der Waals surface area (Å²) in [6, 6.07) is 10.2. The molecule has 0 unspecified atom stereocenters. The zero-order chi connectivity index (χ0) is 19.4. The minimum Gasteiger partial charge on any atom is -0.464 e. The molecular weight excluding hydrogens is 364 g/mol. The molecule has 1 aromatic carbocycles. The molecule has 0 atom stereocenters. The molecule has 3 rings (SSSR count). The van der Waals surface area contributed by atoms with Gasteiger partial charge in [0.1, 0.15) is 12.0 Å². The second-order valence-electron chi connectivity index (χ2n) is 6.06. The number of hydrogen-bond acceptors (Lipinski definition) is 7. The summed E-state index contributed by atoms with van der Waals surface area (Å²) in [4.78, 5) is 33.0. The third kappa shape index (κ3) is 5.04. The van der Waals surface area contributed by atoms with Crippen molar-refractivity contribution in [2.24, 2.45) is 0 Å². The van der Waals surface area contributed by atoms with E-state index in [4.69, 9.17) is 9.15 Å². The number of nitrogens with zero attached hydrogens (tertiary/aromatic N) is 2. The molecule has 0 saturated carbocycles. The van der Waals surface area contributed by atoms with Crippen molar-refractivity contribution in [2.75, 3.05) is 0 Å². The van der Waals surface area contributed by atoms with Crippen molar-refractivity contribution in [1.82, 2.24) is 9.97 Å². The molecular formula is C20H18N2O4S. The van der Waals surface area contributed by atoms with E-state index in [1.165, 1.54) is 17.8 Å². The van der Waals surface area contributed by atoms with Gasteiger partial charge in [-0.1, -0.05) is 29.5 Å². The molecule has 6 nitrogen and oxygen atoms in total. The second kappa shape index (κ2) is 8.18. The van der Waals surface area contributed by atoms with Gasteiger partial charge in [-0.05, 0) is 39.0 Å². The fraction of sp³-hybridized carbons (Fsp3) is 0.200. The second-order valence-corrected chi connectivity index (χ2v) is 7.00. The Kier molecular flexibility index (Phi) is 5.71. The standard InChI is InChI=1S/C20H18N2O4S/c1-12-5-4-6-15(7-12)19(24)26-18-10-25-16(9-17(18)23)11-27-20-21-13(2)8-14(3)22-20/h4-10H,11H2,1-3H3. The maximum absolute atomic E-state index is 12.2. The molecule has 0 radical (unpaired) electrons. The lowest BCUT2D eigenvalue weighted by Gasteiger charge is -2.05. The molecule has 0 aliphatic rings. The molecule has 0 N–H and O–H groups in total. The van der Waals surface area contributed by atoms with E-state index >= 15 is 0 Å². The minimum absolute atomic E-state index is 0.141. The van der Waals surface area contributed by atoms with E-state index in [1.807, 2.05) is 32.9 Å². The van der Waals surface area contributed by atoms with Crippen LogP contribution in [0, 0.1) is 20.8 Å². The van der Waals surface area contributed by atoms with E-state index < -0.39 is 11.4 Å². The van der Waals surface area contributed by atoms with E-state index in [0.717, 1.165) is 23.2 Å². The van der Waals surface area contributed by atoms with Gasteiger partial charge < -0.3 is 9.15 Å². The lowest BCUT2D eigenvalue weighted by Crippen LogP contribution is -2.14. The number of thioether (sulfide) groups is 1. The van der Waals surface area contributed by atoms with Crippen LogP contribution in [0.15, 0.2) is 57.0 Å². The fourth-order valence-corrected chi connectivity index (χ4v) is 3.25. The van der Waals surface area contributed by atoms with Gasteiger partial charge in [0.05, 0.1) is 11.3 Å². The molecule has 2 heterocycles. The summed E-state index contributed by atoms with van der Waals surface area (Å²) >= 11 is 1.37. The third-order valence-electron chi connectivity index (χ3n) is 3.61. The van der Waals surface area contributed by atoms with Crippen molar-refractivity contribution in [2.45, 2.75) is 31.7 Å². The molecule has 0 aliphatic heterocycles. The van der Waals surface area contributed by atoms with E-state index in [2.05, 4.69) is 9.97 Å². The van der Waals surface area contributed by atoms with Crippen molar-refractivity contribution in [3.63, 3.8) is 0 Å². The maximum Gasteiger partial charge on any atom is 0.343 e. The fourth-order valence-electron chi connectivity index (χ4n) is 2.41. The van der Waals surface area contributed by atoms with Crippen molar-refractivity contribution in [3.05, 3.63) is 81.2 Å². The molecule has 27 heavy (non-hydrogen) atoms. The molecule has 0 amide bonds. The van der Waals surface area contributed by atoms with Gasteiger partial charge in [0, 0.05) is 17.5 Å². The van der Waals surface area contributed by atoms with Crippen LogP contribution in [0.2, 0.25) is 0 Å². The highest BCUT2D eigenvalue weighted by atomic mass is 32.2. The summed E-state index contributed by atoms with van der Waals surface area (Å²) in [5, 5.41) is 0.616. The van der Waals surface area contributed by atoms with Gasteiger partial charge >= 0.3 is 5.97 Å². The predicted octanol–water partition coefficient (Wildman–Crippen LogP) is 3.87. The first-order valence-electron chi connectivity index (χ1n) is 8.26. The Hall–Kier alpha value is -2.93. The zero-order valence-corrected chi connectivity index (χ0v) is 16.0. The van der Waals surface area contributed by atoms with Gasteiger partial charge in [0.25, 0.3) is 0 Å². The Bertz CT molecular complexity index is 1030. The normalized spacial score (nSPS) is 10.6. The Morgan fingerprint density at radius 2 is 1.85 bits per heavy atom. The molecule has 2 aromatic heterocycles. The summed E-state index contributed by atoms with van der Waals surface area (Å²) < 4.78 is 10.6. The van der Waals surface area contributed by atoms with E-state index in [1.54, 1.807) is 18.2 Å². The zero-order valence-electron chi connectivity index (χ0n) is 15.2. The number of hydrogen-bond donors (Lipinski definition) is 0. The van der Waals surface area contributed by atoms with Gasteiger partial charge in [-0.25, -0.2) is 14.8 Å². The van der Waals surface area contributed by atoms with Crippen LogP contribution < -0.4 is 10.2 Å². The molecule has 0 bridgehead atoms. The van der Waals surface area contributed by atoms with Crippen LogP contribution in [0.25, 0.3) is 0 Å². The molecule has 0 fully saturated rings. The third-order valence-corrected chi connectivity index (χ3v) is 4.48. The summed E-state index contributed by atoms with van der Waals surface area (Å²) in [6.07, 6.45) is 1.16. The highest BCUT2D eigenvalue weighted by Gasteiger charge is 2.13. The first-order valence-corrected chi connectivity index (χ1v) is 9.25. The lowest BCUT2D eigenvalue weighted by molar-refractivity contribution is 0.0728. The molecule has 0 spiro atoms. The van der Waals surface area contributed by atoms with Crippen molar-refractivity contribution in [3.8, 4) is 5.75 Å².